The van der Waals surface area contributed by atoms with E-state index in [0.717, 1.165) is 31.4 Å². The molecule has 0 bridgehead atoms. The van der Waals surface area contributed by atoms with E-state index in [2.05, 4.69) is 5.32 Å². The van der Waals surface area contributed by atoms with E-state index in [1.807, 2.05) is 44.3 Å². The number of aromatic nitrogens is 2. The number of nitrogens with one attached hydrogen (secondary N) is 1. The second-order valence-electron chi connectivity index (χ2n) is 10.1. The molecule has 1 aliphatic carbocycles. The van der Waals surface area contributed by atoms with Gasteiger partial charge in [-0.3, -0.25) is 24.0 Å². The molecule has 1 N–H and O–H groups in total. The number of thioether (sulfide) groups is 1. The van der Waals surface area contributed by atoms with Crippen molar-refractivity contribution >= 4 is 40.1 Å². The number of rotatable bonds is 7. The molecular formula is C29H32FN5O3S. The van der Waals surface area contributed by atoms with Gasteiger partial charge >= 0.3 is 0 Å². The van der Waals surface area contributed by atoms with E-state index in [4.69, 9.17) is 4.99 Å². The highest BCUT2D eigenvalue weighted by Gasteiger charge is 2.40. The molecule has 39 heavy (non-hydrogen) atoms. The summed E-state index contributed by atoms with van der Waals surface area (Å²) in [7, 11) is 1.81. The highest BCUT2D eigenvalue weighted by atomic mass is 32.2. The first-order chi connectivity index (χ1) is 18.8. The Morgan fingerprint density at radius 3 is 2.44 bits per heavy atom. The van der Waals surface area contributed by atoms with Gasteiger partial charge in [-0.05, 0) is 62.1 Å². The Hall–Kier alpha value is -3.66. The van der Waals surface area contributed by atoms with Crippen LogP contribution in [0.2, 0.25) is 0 Å². The molecule has 0 unspecified atom stereocenters. The van der Waals surface area contributed by atoms with Crippen LogP contribution >= 0.6 is 11.8 Å². The van der Waals surface area contributed by atoms with Crippen LogP contribution in [0.15, 0.2) is 64.4 Å². The van der Waals surface area contributed by atoms with Crippen molar-refractivity contribution in [2.75, 3.05) is 11.9 Å². The van der Waals surface area contributed by atoms with Crippen molar-refractivity contribution in [1.29, 1.82) is 0 Å². The Morgan fingerprint density at radius 1 is 1.05 bits per heavy atom. The van der Waals surface area contributed by atoms with Crippen molar-refractivity contribution in [2.45, 2.75) is 50.7 Å². The quantitative estimate of drug-likeness (QED) is 0.441. The van der Waals surface area contributed by atoms with Gasteiger partial charge in [0.25, 0.3) is 5.56 Å². The fourth-order valence-corrected chi connectivity index (χ4v) is 6.37. The lowest BCUT2D eigenvalue weighted by Gasteiger charge is -2.26. The minimum Gasteiger partial charge on any atom is -0.326 e. The Kier molecular flexibility index (Phi) is 8.02. The molecule has 2 heterocycles. The topological polar surface area (TPSA) is 88.7 Å². The van der Waals surface area contributed by atoms with Crippen molar-refractivity contribution in [2.24, 2.45) is 18.0 Å². The van der Waals surface area contributed by atoms with Crippen molar-refractivity contribution < 1.29 is 14.0 Å². The lowest BCUT2D eigenvalue weighted by atomic mass is 9.89. The molecule has 2 fully saturated rings. The van der Waals surface area contributed by atoms with Crippen molar-refractivity contribution in [3.05, 3.63) is 76.5 Å². The predicted molar refractivity (Wildman–Crippen MR) is 152 cm³/mol. The van der Waals surface area contributed by atoms with Gasteiger partial charge in [-0.25, -0.2) is 14.1 Å². The van der Waals surface area contributed by atoms with Crippen molar-refractivity contribution in [3.63, 3.8) is 0 Å². The Morgan fingerprint density at radius 2 is 1.74 bits per heavy atom. The predicted octanol–water partition coefficient (Wildman–Crippen LogP) is 5.16. The maximum absolute atomic E-state index is 13.6. The molecule has 2 aromatic carbocycles. The highest BCUT2D eigenvalue weighted by Crippen LogP contribution is 2.35. The summed E-state index contributed by atoms with van der Waals surface area (Å²) in [6, 6.07) is 14.8. The molecule has 1 aromatic heterocycles. The zero-order valence-corrected chi connectivity index (χ0v) is 22.9. The fraction of sp³-hybridized carbons (Fsp3) is 0.379. The minimum absolute atomic E-state index is 0.0525. The van der Waals surface area contributed by atoms with Gasteiger partial charge in [-0.15, -0.1) is 0 Å². The summed E-state index contributed by atoms with van der Waals surface area (Å²) in [4.78, 5) is 46.3. The number of amides is 2. The highest BCUT2D eigenvalue weighted by molar-refractivity contribution is 8.15. The van der Waals surface area contributed by atoms with Gasteiger partial charge in [-0.1, -0.05) is 49.2 Å². The molecular weight excluding hydrogens is 517 g/mol. The summed E-state index contributed by atoms with van der Waals surface area (Å²) in [5, 5.41) is 2.53. The summed E-state index contributed by atoms with van der Waals surface area (Å²) in [6.45, 7) is 2.36. The van der Waals surface area contributed by atoms with Crippen LogP contribution < -0.4 is 10.9 Å². The maximum Gasteiger partial charge on any atom is 0.297 e. The zero-order valence-electron chi connectivity index (χ0n) is 22.1. The van der Waals surface area contributed by atoms with Crippen LogP contribution in [0.1, 0.15) is 44.2 Å². The van der Waals surface area contributed by atoms with Crippen LogP contribution in [-0.4, -0.2) is 43.0 Å². The standard InChI is InChI=1S/C29H32FN5O3S/c1-19-26(28(38)35(33(19)2)23-11-7-4-8-12-23)32-29-34(18-20-9-5-3-6-10-20)27(37)24(39-29)17-25(36)31-22-15-13-21(30)14-16-22/h4,7-8,11-16,20,24H,3,5-6,9-10,17-18H2,1-2H3,(H,31,36)/t24-/m1/s1. The van der Waals surface area contributed by atoms with Gasteiger partial charge in [-0.2, -0.15) is 0 Å². The fourth-order valence-electron chi connectivity index (χ4n) is 5.21. The monoisotopic (exact) mass is 549 g/mol. The summed E-state index contributed by atoms with van der Waals surface area (Å²) in [5.41, 5.74) is 1.88. The minimum atomic E-state index is -0.659. The third-order valence-electron chi connectivity index (χ3n) is 7.42. The number of aliphatic imine (C=N–C) groups is 1. The smallest absolute Gasteiger partial charge is 0.297 e. The molecule has 1 aliphatic heterocycles. The first-order valence-corrected chi connectivity index (χ1v) is 14.2. The van der Waals surface area contributed by atoms with E-state index < -0.39 is 11.1 Å². The van der Waals surface area contributed by atoms with Crippen LogP contribution in [0.25, 0.3) is 5.69 Å². The number of nitrogens with zero attached hydrogens (tertiary/aromatic N) is 4. The number of para-hydroxylation sites is 1. The molecule has 1 saturated heterocycles. The Balaban J connectivity index is 1.43. The third-order valence-corrected chi connectivity index (χ3v) is 8.59. The summed E-state index contributed by atoms with van der Waals surface area (Å²) < 4.78 is 16.6. The molecule has 8 nitrogen and oxygen atoms in total. The zero-order chi connectivity index (χ0) is 27.5. The van der Waals surface area contributed by atoms with E-state index in [1.165, 1.54) is 42.4 Å². The Labute approximate surface area is 230 Å². The molecule has 2 amide bonds. The molecule has 5 rings (SSSR count). The molecule has 1 saturated carbocycles. The average molecular weight is 550 g/mol. The first-order valence-electron chi connectivity index (χ1n) is 13.3. The number of halogens is 1. The van der Waals surface area contributed by atoms with Crippen LogP contribution in [0.3, 0.4) is 0 Å². The van der Waals surface area contributed by atoms with Gasteiger partial charge < -0.3 is 5.32 Å². The van der Waals surface area contributed by atoms with E-state index in [1.54, 1.807) is 14.3 Å². The largest absolute Gasteiger partial charge is 0.326 e. The number of anilines is 1. The number of hydrogen-bond donors (Lipinski definition) is 1. The van der Waals surface area contributed by atoms with Crippen molar-refractivity contribution in [3.8, 4) is 5.69 Å². The number of benzene rings is 2. The van der Waals surface area contributed by atoms with Crippen molar-refractivity contribution in [1.82, 2.24) is 14.3 Å². The normalized spacial score (nSPS) is 19.2. The summed E-state index contributed by atoms with van der Waals surface area (Å²) in [5.74, 6) is -0.543. The van der Waals surface area contributed by atoms with Gasteiger partial charge in [0.15, 0.2) is 10.9 Å². The number of hydrogen-bond acceptors (Lipinski definition) is 5. The molecule has 1 atom stereocenters. The molecule has 0 spiro atoms. The second-order valence-corrected chi connectivity index (χ2v) is 11.3. The van der Waals surface area contributed by atoms with Gasteiger partial charge in [0.1, 0.15) is 11.1 Å². The first kappa shape index (κ1) is 26.9. The van der Waals surface area contributed by atoms with Crippen LogP contribution in [0.5, 0.6) is 0 Å². The van der Waals surface area contributed by atoms with E-state index >= 15 is 0 Å². The van der Waals surface area contributed by atoms with Gasteiger partial charge in [0, 0.05) is 25.7 Å². The number of carbonyl (C=O) groups excluding carboxylic acids is 2. The SMILES string of the molecule is Cc1c(N=C2S[C@H](CC(=O)Nc3ccc(F)cc3)C(=O)N2CC2CCCCC2)c(=O)n(-c2ccccc2)n1C. The third kappa shape index (κ3) is 5.85. The van der Waals surface area contributed by atoms with Crippen LogP contribution in [0.4, 0.5) is 15.8 Å². The van der Waals surface area contributed by atoms with E-state index in [9.17, 15) is 18.8 Å². The summed E-state index contributed by atoms with van der Waals surface area (Å²) >= 11 is 1.23. The van der Waals surface area contributed by atoms with Crippen LogP contribution in [0, 0.1) is 18.7 Å². The average Bonchev–Trinajstić information content (AvgIpc) is 3.33. The molecule has 204 valence electrons. The van der Waals surface area contributed by atoms with E-state index in [-0.39, 0.29) is 29.5 Å². The number of carbonyl (C=O) groups is 2. The molecule has 0 radical (unpaired) electrons. The Bertz CT molecular complexity index is 1440. The maximum atomic E-state index is 13.6. The van der Waals surface area contributed by atoms with Gasteiger partial charge in [0.05, 0.1) is 11.4 Å². The number of amidine groups is 1. The van der Waals surface area contributed by atoms with E-state index in [0.29, 0.717) is 29.0 Å². The molecule has 10 heteroatoms. The second kappa shape index (κ2) is 11.6. The van der Waals surface area contributed by atoms with Crippen LogP contribution in [-0.2, 0) is 16.6 Å². The van der Waals surface area contributed by atoms with Gasteiger partial charge in [0.2, 0.25) is 11.8 Å². The summed E-state index contributed by atoms with van der Waals surface area (Å²) in [6.07, 6.45) is 5.51. The molecule has 2 aliphatic rings. The lowest BCUT2D eigenvalue weighted by Crippen LogP contribution is -2.37. The molecule has 3 aromatic rings. The lowest BCUT2D eigenvalue weighted by molar-refractivity contribution is -0.128.